The number of nitrogens with zero attached hydrogens (tertiary/aromatic N) is 2. The second-order valence-corrected chi connectivity index (χ2v) is 9.65. The fraction of sp³-hybridized carbons (Fsp3) is 0.435. The number of sulfonamides is 1. The van der Waals surface area contributed by atoms with E-state index in [2.05, 4.69) is 0 Å². The van der Waals surface area contributed by atoms with E-state index in [4.69, 9.17) is 4.74 Å². The summed E-state index contributed by atoms with van der Waals surface area (Å²) >= 11 is 0. The molecule has 1 aliphatic heterocycles. The normalized spacial score (nSPS) is 15.0. The van der Waals surface area contributed by atoms with E-state index < -0.39 is 10.0 Å². The summed E-state index contributed by atoms with van der Waals surface area (Å²) in [5.41, 5.74) is 1.97. The number of hydrogen-bond donors (Lipinski definition) is 0. The lowest BCUT2D eigenvalue weighted by Gasteiger charge is -2.25. The van der Waals surface area contributed by atoms with Gasteiger partial charge in [0.1, 0.15) is 5.75 Å². The predicted octanol–water partition coefficient (Wildman–Crippen LogP) is 3.46. The minimum Gasteiger partial charge on any atom is -0.497 e. The lowest BCUT2D eigenvalue weighted by atomic mass is 10.1. The Hall–Kier alpha value is -2.38. The average molecular weight is 431 g/mol. The van der Waals surface area contributed by atoms with Gasteiger partial charge in [-0.05, 0) is 54.7 Å². The maximum Gasteiger partial charge on any atom is 0.243 e. The smallest absolute Gasteiger partial charge is 0.243 e. The van der Waals surface area contributed by atoms with Crippen LogP contribution in [-0.2, 0) is 27.8 Å². The molecule has 1 heterocycles. The Kier molecular flexibility index (Phi) is 7.50. The fourth-order valence-corrected chi connectivity index (χ4v) is 5.17. The largest absolute Gasteiger partial charge is 0.497 e. The molecule has 0 unspecified atom stereocenters. The molecule has 7 heteroatoms. The predicted molar refractivity (Wildman–Crippen MR) is 117 cm³/mol. The third-order valence-corrected chi connectivity index (χ3v) is 7.40. The zero-order chi connectivity index (χ0) is 21.6. The standard InChI is InChI=1S/C23H30N2O4S/c1-24(18-20-7-6-8-21(17-20)29-2)23(26)14-11-19-9-12-22(13-10-19)30(27,28)25-15-4-3-5-16-25/h6-10,12-13,17H,3-5,11,14-16,18H2,1-2H3. The van der Waals surface area contributed by atoms with Crippen LogP contribution < -0.4 is 4.74 Å². The highest BCUT2D eigenvalue weighted by molar-refractivity contribution is 7.89. The molecule has 0 atom stereocenters. The van der Waals surface area contributed by atoms with Crippen LogP contribution in [0, 0.1) is 0 Å². The molecule has 1 aliphatic rings. The Bertz CT molecular complexity index is 951. The molecule has 6 nitrogen and oxygen atoms in total. The number of ether oxygens (including phenoxy) is 1. The van der Waals surface area contributed by atoms with Crippen molar-refractivity contribution in [3.05, 3.63) is 59.7 Å². The van der Waals surface area contributed by atoms with Gasteiger partial charge in [0.05, 0.1) is 12.0 Å². The highest BCUT2D eigenvalue weighted by atomic mass is 32.2. The number of amides is 1. The van der Waals surface area contributed by atoms with Gasteiger partial charge in [0.2, 0.25) is 15.9 Å². The summed E-state index contributed by atoms with van der Waals surface area (Å²) in [6, 6.07) is 14.6. The Balaban J connectivity index is 1.54. The molecule has 0 N–H and O–H groups in total. The van der Waals surface area contributed by atoms with Crippen LogP contribution in [0.25, 0.3) is 0 Å². The molecule has 0 bridgehead atoms. The fourth-order valence-electron chi connectivity index (χ4n) is 3.66. The highest BCUT2D eigenvalue weighted by Crippen LogP contribution is 2.21. The maximum atomic E-state index is 12.7. The summed E-state index contributed by atoms with van der Waals surface area (Å²) in [4.78, 5) is 14.5. The van der Waals surface area contributed by atoms with Gasteiger partial charge in [0.15, 0.2) is 0 Å². The van der Waals surface area contributed by atoms with Gasteiger partial charge in [-0.2, -0.15) is 4.31 Å². The second kappa shape index (κ2) is 10.1. The molecular weight excluding hydrogens is 400 g/mol. The van der Waals surface area contributed by atoms with Gasteiger partial charge in [-0.3, -0.25) is 4.79 Å². The molecular formula is C23H30N2O4S. The summed E-state index contributed by atoms with van der Waals surface area (Å²) in [5.74, 6) is 0.816. The lowest BCUT2D eigenvalue weighted by Crippen LogP contribution is -2.35. The Morgan fingerprint density at radius 3 is 2.40 bits per heavy atom. The zero-order valence-corrected chi connectivity index (χ0v) is 18.5. The van der Waals surface area contributed by atoms with Crippen molar-refractivity contribution in [3.63, 3.8) is 0 Å². The van der Waals surface area contributed by atoms with E-state index in [1.807, 2.05) is 36.4 Å². The minimum absolute atomic E-state index is 0.0443. The zero-order valence-electron chi connectivity index (χ0n) is 17.7. The summed E-state index contributed by atoms with van der Waals surface area (Å²) in [6.07, 6.45) is 3.88. The number of piperidine rings is 1. The van der Waals surface area contributed by atoms with E-state index in [1.165, 1.54) is 0 Å². The van der Waals surface area contributed by atoms with Crippen LogP contribution in [0.1, 0.15) is 36.8 Å². The number of benzene rings is 2. The molecule has 1 saturated heterocycles. The molecule has 162 valence electrons. The van der Waals surface area contributed by atoms with Gasteiger partial charge >= 0.3 is 0 Å². The first-order valence-electron chi connectivity index (χ1n) is 10.4. The van der Waals surface area contributed by atoms with Crippen LogP contribution in [0.4, 0.5) is 0 Å². The highest BCUT2D eigenvalue weighted by Gasteiger charge is 2.25. The second-order valence-electron chi connectivity index (χ2n) is 7.71. The van der Waals surface area contributed by atoms with Gasteiger partial charge < -0.3 is 9.64 Å². The average Bonchev–Trinajstić information content (AvgIpc) is 2.78. The van der Waals surface area contributed by atoms with Crippen molar-refractivity contribution in [2.75, 3.05) is 27.2 Å². The van der Waals surface area contributed by atoms with Crippen molar-refractivity contribution in [2.24, 2.45) is 0 Å². The maximum absolute atomic E-state index is 12.7. The van der Waals surface area contributed by atoms with Crippen molar-refractivity contribution in [3.8, 4) is 5.75 Å². The van der Waals surface area contributed by atoms with Gasteiger partial charge in [-0.1, -0.05) is 30.7 Å². The molecule has 30 heavy (non-hydrogen) atoms. The number of rotatable bonds is 8. The van der Waals surface area contributed by atoms with Crippen LogP contribution >= 0.6 is 0 Å². The third-order valence-electron chi connectivity index (χ3n) is 5.48. The number of hydrogen-bond acceptors (Lipinski definition) is 4. The van der Waals surface area contributed by atoms with E-state index in [9.17, 15) is 13.2 Å². The van der Waals surface area contributed by atoms with Gasteiger partial charge in [-0.15, -0.1) is 0 Å². The van der Waals surface area contributed by atoms with Crippen molar-refractivity contribution in [1.82, 2.24) is 9.21 Å². The molecule has 2 aromatic rings. The Labute approximate surface area is 179 Å². The molecule has 1 amide bonds. The SMILES string of the molecule is COc1cccc(CN(C)C(=O)CCc2ccc(S(=O)(=O)N3CCCCC3)cc2)c1. The number of carbonyl (C=O) groups is 1. The quantitative estimate of drug-likeness (QED) is 0.643. The van der Waals surface area contributed by atoms with Crippen molar-refractivity contribution < 1.29 is 17.9 Å². The van der Waals surface area contributed by atoms with Crippen molar-refractivity contribution >= 4 is 15.9 Å². The summed E-state index contributed by atoms with van der Waals surface area (Å²) < 4.78 is 32.3. The first-order chi connectivity index (χ1) is 14.4. The van der Waals surface area contributed by atoms with Crippen LogP contribution in [0.3, 0.4) is 0 Å². The molecule has 0 aromatic heterocycles. The van der Waals surface area contributed by atoms with Gasteiger partial charge in [0, 0.05) is 33.1 Å². The molecule has 0 radical (unpaired) electrons. The molecule has 0 saturated carbocycles. The monoisotopic (exact) mass is 430 g/mol. The molecule has 3 rings (SSSR count). The van der Waals surface area contributed by atoms with E-state index >= 15 is 0 Å². The molecule has 2 aromatic carbocycles. The first-order valence-corrected chi connectivity index (χ1v) is 11.8. The number of methoxy groups -OCH3 is 1. The van der Waals surface area contributed by atoms with Crippen LogP contribution in [0.15, 0.2) is 53.4 Å². The number of aryl methyl sites for hydroxylation is 1. The van der Waals surface area contributed by atoms with Gasteiger partial charge in [0.25, 0.3) is 0 Å². The van der Waals surface area contributed by atoms with Crippen LogP contribution in [-0.4, -0.2) is 50.8 Å². The summed E-state index contributed by atoms with van der Waals surface area (Å²) in [7, 11) is -0.00611. The Morgan fingerprint density at radius 2 is 1.73 bits per heavy atom. The van der Waals surface area contributed by atoms with Crippen LogP contribution in [0.2, 0.25) is 0 Å². The topological polar surface area (TPSA) is 66.9 Å². The lowest BCUT2D eigenvalue weighted by molar-refractivity contribution is -0.130. The van der Waals surface area contributed by atoms with E-state index in [-0.39, 0.29) is 5.91 Å². The van der Waals surface area contributed by atoms with E-state index in [0.717, 1.165) is 36.1 Å². The molecule has 0 aliphatic carbocycles. The van der Waals surface area contributed by atoms with Crippen molar-refractivity contribution in [2.45, 2.75) is 43.5 Å². The minimum atomic E-state index is -3.42. The third kappa shape index (κ3) is 5.61. The first kappa shape index (κ1) is 22.3. The molecule has 1 fully saturated rings. The number of carbonyl (C=O) groups excluding carboxylic acids is 1. The van der Waals surface area contributed by atoms with E-state index in [1.54, 1.807) is 35.5 Å². The van der Waals surface area contributed by atoms with Crippen molar-refractivity contribution in [1.29, 1.82) is 0 Å². The van der Waals surface area contributed by atoms with E-state index in [0.29, 0.717) is 37.4 Å². The van der Waals surface area contributed by atoms with Crippen LogP contribution in [0.5, 0.6) is 5.75 Å². The summed E-state index contributed by atoms with van der Waals surface area (Å²) in [5, 5.41) is 0. The summed E-state index contributed by atoms with van der Waals surface area (Å²) in [6.45, 7) is 1.71. The Morgan fingerprint density at radius 1 is 1.03 bits per heavy atom. The van der Waals surface area contributed by atoms with Gasteiger partial charge in [-0.25, -0.2) is 8.42 Å². The molecule has 0 spiro atoms.